The molecule has 2 N–H and O–H groups in total. The van der Waals surface area contributed by atoms with Crippen LogP contribution in [0.15, 0.2) is 48.5 Å². The smallest absolute Gasteiger partial charge is 0.227 e. The second-order valence-electron chi connectivity index (χ2n) is 11.1. The second kappa shape index (κ2) is 18.4. The van der Waals surface area contributed by atoms with E-state index >= 15 is 0 Å². The summed E-state index contributed by atoms with van der Waals surface area (Å²) < 4.78 is 11.8. The van der Waals surface area contributed by atoms with Crippen molar-refractivity contribution in [3.63, 3.8) is 0 Å². The Balaban J connectivity index is 1.37. The molecular formula is C34H50N2O4. The average molecular weight is 551 g/mol. The summed E-state index contributed by atoms with van der Waals surface area (Å²) in [6.07, 6.45) is 14.8. The third-order valence-corrected chi connectivity index (χ3v) is 7.71. The van der Waals surface area contributed by atoms with Gasteiger partial charge < -0.3 is 20.1 Å². The minimum Gasteiger partial charge on any atom is -0.494 e. The van der Waals surface area contributed by atoms with Gasteiger partial charge in [0.1, 0.15) is 11.5 Å². The van der Waals surface area contributed by atoms with Crippen LogP contribution in [0.4, 0.5) is 11.4 Å². The highest BCUT2D eigenvalue weighted by Gasteiger charge is 2.30. The van der Waals surface area contributed by atoms with E-state index in [0.717, 1.165) is 35.7 Å². The van der Waals surface area contributed by atoms with E-state index in [1.807, 2.05) is 48.5 Å². The highest BCUT2D eigenvalue weighted by molar-refractivity contribution is 5.94. The molecule has 0 unspecified atom stereocenters. The van der Waals surface area contributed by atoms with E-state index in [1.165, 1.54) is 51.4 Å². The van der Waals surface area contributed by atoms with Crippen molar-refractivity contribution in [3.05, 3.63) is 48.5 Å². The van der Waals surface area contributed by atoms with E-state index in [4.69, 9.17) is 9.47 Å². The SMILES string of the molecule is CCCCCCCOc1cccc(NC(=O)C2CCC(C(=O)Nc3cccc(OCCCCCCC)c3)CC2)c1. The fraction of sp³-hybridized carbons (Fsp3) is 0.588. The van der Waals surface area contributed by atoms with Crippen molar-refractivity contribution in [1.82, 2.24) is 0 Å². The summed E-state index contributed by atoms with van der Waals surface area (Å²) >= 11 is 0. The van der Waals surface area contributed by atoms with Gasteiger partial charge >= 0.3 is 0 Å². The average Bonchev–Trinajstić information content (AvgIpc) is 2.97. The first-order chi connectivity index (χ1) is 19.6. The molecule has 2 aromatic carbocycles. The Bertz CT molecular complexity index is 935. The van der Waals surface area contributed by atoms with Gasteiger partial charge in [0, 0.05) is 35.3 Å². The fourth-order valence-corrected chi connectivity index (χ4v) is 5.22. The van der Waals surface area contributed by atoms with Gasteiger partial charge in [-0.3, -0.25) is 9.59 Å². The lowest BCUT2D eigenvalue weighted by molar-refractivity contribution is -0.125. The van der Waals surface area contributed by atoms with Crippen molar-refractivity contribution < 1.29 is 19.1 Å². The Labute approximate surface area is 241 Å². The number of unbranched alkanes of at least 4 members (excludes halogenated alkanes) is 8. The molecule has 2 aromatic rings. The maximum Gasteiger partial charge on any atom is 0.227 e. The van der Waals surface area contributed by atoms with Gasteiger partial charge in [-0.1, -0.05) is 77.3 Å². The number of ether oxygens (including phenoxy) is 2. The molecule has 3 rings (SSSR count). The van der Waals surface area contributed by atoms with E-state index in [9.17, 15) is 9.59 Å². The lowest BCUT2D eigenvalue weighted by Crippen LogP contribution is -2.32. The molecule has 1 saturated carbocycles. The minimum atomic E-state index is -0.0822. The normalized spacial score (nSPS) is 16.8. The van der Waals surface area contributed by atoms with Crippen molar-refractivity contribution in [2.24, 2.45) is 11.8 Å². The van der Waals surface area contributed by atoms with E-state index in [1.54, 1.807) is 0 Å². The first-order valence-electron chi connectivity index (χ1n) is 15.7. The monoisotopic (exact) mass is 550 g/mol. The summed E-state index contributed by atoms with van der Waals surface area (Å²) in [6.45, 7) is 5.83. The van der Waals surface area contributed by atoms with Crippen molar-refractivity contribution in [2.45, 2.75) is 104 Å². The summed E-state index contributed by atoms with van der Waals surface area (Å²) in [5, 5.41) is 6.12. The third-order valence-electron chi connectivity index (χ3n) is 7.71. The Morgan fingerprint density at radius 2 is 1.02 bits per heavy atom. The van der Waals surface area contributed by atoms with Gasteiger partial charge in [-0.25, -0.2) is 0 Å². The van der Waals surface area contributed by atoms with E-state index < -0.39 is 0 Å². The molecule has 2 amide bonds. The minimum absolute atomic E-state index is 0.0233. The predicted octanol–water partition coefficient (Wildman–Crippen LogP) is 8.77. The first kappa shape index (κ1) is 31.5. The quantitative estimate of drug-likeness (QED) is 0.182. The first-order valence-corrected chi connectivity index (χ1v) is 15.7. The molecule has 0 heterocycles. The van der Waals surface area contributed by atoms with Crippen molar-refractivity contribution in [3.8, 4) is 11.5 Å². The zero-order valence-electron chi connectivity index (χ0n) is 24.7. The topological polar surface area (TPSA) is 76.7 Å². The molecule has 40 heavy (non-hydrogen) atoms. The number of carbonyl (C=O) groups is 2. The number of hydrogen-bond donors (Lipinski definition) is 2. The molecule has 0 radical (unpaired) electrons. The molecule has 0 atom stereocenters. The Morgan fingerprint density at radius 3 is 1.43 bits per heavy atom. The molecule has 1 fully saturated rings. The highest BCUT2D eigenvalue weighted by atomic mass is 16.5. The molecule has 0 aliphatic heterocycles. The van der Waals surface area contributed by atoms with Crippen LogP contribution < -0.4 is 20.1 Å². The van der Waals surface area contributed by atoms with Crippen LogP contribution in [0, 0.1) is 11.8 Å². The Morgan fingerprint density at radius 1 is 0.625 bits per heavy atom. The molecular weight excluding hydrogens is 500 g/mol. The van der Waals surface area contributed by atoms with Gasteiger partial charge in [0.15, 0.2) is 0 Å². The molecule has 0 aromatic heterocycles. The maximum absolute atomic E-state index is 12.9. The van der Waals surface area contributed by atoms with Gasteiger partial charge in [-0.2, -0.15) is 0 Å². The number of benzene rings is 2. The van der Waals surface area contributed by atoms with Crippen LogP contribution >= 0.6 is 0 Å². The summed E-state index contributed by atoms with van der Waals surface area (Å²) in [5.74, 6) is 1.46. The van der Waals surface area contributed by atoms with E-state index in [0.29, 0.717) is 38.9 Å². The van der Waals surface area contributed by atoms with Gasteiger partial charge in [0.05, 0.1) is 13.2 Å². The number of amides is 2. The molecule has 0 saturated heterocycles. The maximum atomic E-state index is 12.9. The number of rotatable bonds is 18. The third kappa shape index (κ3) is 11.6. The van der Waals surface area contributed by atoms with Crippen LogP contribution in [-0.2, 0) is 9.59 Å². The van der Waals surface area contributed by atoms with Crippen LogP contribution in [0.2, 0.25) is 0 Å². The molecule has 0 bridgehead atoms. The molecule has 220 valence electrons. The number of anilines is 2. The van der Waals surface area contributed by atoms with Crippen molar-refractivity contribution in [2.75, 3.05) is 23.8 Å². The fourth-order valence-electron chi connectivity index (χ4n) is 5.22. The van der Waals surface area contributed by atoms with Gasteiger partial charge in [0.25, 0.3) is 0 Å². The number of hydrogen-bond acceptors (Lipinski definition) is 4. The van der Waals surface area contributed by atoms with Gasteiger partial charge in [-0.05, 0) is 62.8 Å². The molecule has 1 aliphatic rings. The van der Waals surface area contributed by atoms with Gasteiger partial charge in [0.2, 0.25) is 11.8 Å². The zero-order valence-corrected chi connectivity index (χ0v) is 24.7. The van der Waals surface area contributed by atoms with Gasteiger partial charge in [-0.15, -0.1) is 0 Å². The lowest BCUT2D eigenvalue weighted by atomic mass is 9.81. The van der Waals surface area contributed by atoms with E-state index in [2.05, 4.69) is 24.5 Å². The molecule has 1 aliphatic carbocycles. The number of carbonyl (C=O) groups excluding carboxylic acids is 2. The lowest BCUT2D eigenvalue weighted by Gasteiger charge is -2.27. The van der Waals surface area contributed by atoms with E-state index in [-0.39, 0.29) is 23.7 Å². The highest BCUT2D eigenvalue weighted by Crippen LogP contribution is 2.31. The summed E-state index contributed by atoms with van der Waals surface area (Å²) in [7, 11) is 0. The van der Waals surface area contributed by atoms with Crippen LogP contribution in [0.5, 0.6) is 11.5 Å². The Hall–Kier alpha value is -3.02. The summed E-state index contributed by atoms with van der Waals surface area (Å²) in [5.41, 5.74) is 1.52. The van der Waals surface area contributed by atoms with Crippen molar-refractivity contribution >= 4 is 23.2 Å². The molecule has 6 nitrogen and oxygen atoms in total. The second-order valence-corrected chi connectivity index (χ2v) is 11.1. The standard InChI is InChI=1S/C34H50N2O4/c1-3-5-7-9-11-23-39-31-17-13-15-29(25-31)35-33(37)27-19-21-28(22-20-27)34(38)36-30-16-14-18-32(26-30)40-24-12-10-8-6-4-2/h13-18,25-28H,3-12,19-24H2,1-2H3,(H,35,37)(H,36,38). The number of nitrogens with one attached hydrogen (secondary N) is 2. The van der Waals surface area contributed by atoms with Crippen LogP contribution in [-0.4, -0.2) is 25.0 Å². The van der Waals surface area contributed by atoms with Crippen LogP contribution in [0.1, 0.15) is 104 Å². The molecule has 6 heteroatoms. The van der Waals surface area contributed by atoms with Crippen LogP contribution in [0.3, 0.4) is 0 Å². The Kier molecular flexibility index (Phi) is 14.5. The zero-order chi connectivity index (χ0) is 28.4. The summed E-state index contributed by atoms with van der Waals surface area (Å²) in [4.78, 5) is 25.9. The molecule has 0 spiro atoms. The summed E-state index contributed by atoms with van der Waals surface area (Å²) in [6, 6.07) is 15.3. The predicted molar refractivity (Wildman–Crippen MR) is 164 cm³/mol. The van der Waals surface area contributed by atoms with Crippen LogP contribution in [0.25, 0.3) is 0 Å². The van der Waals surface area contributed by atoms with Crippen molar-refractivity contribution in [1.29, 1.82) is 0 Å². The largest absolute Gasteiger partial charge is 0.494 e.